The van der Waals surface area contributed by atoms with Crippen LogP contribution in [-0.2, 0) is 11.3 Å². The van der Waals surface area contributed by atoms with Crippen LogP contribution in [-0.4, -0.2) is 38.3 Å². The first-order chi connectivity index (χ1) is 9.24. The Bertz CT molecular complexity index is 386. The number of nitrogens with one attached hydrogen (secondary N) is 1. The second-order valence-corrected chi connectivity index (χ2v) is 6.23. The lowest BCUT2D eigenvalue weighted by molar-refractivity contribution is 0.139. The number of ether oxygens (including phenoxy) is 1. The van der Waals surface area contributed by atoms with Gasteiger partial charge in [0.2, 0.25) is 0 Å². The molecule has 0 radical (unpaired) electrons. The van der Waals surface area contributed by atoms with E-state index in [1.165, 1.54) is 28.5 Å². The number of methoxy groups -OCH3 is 1. The molecule has 1 aliphatic heterocycles. The molecule has 0 atom stereocenters. The maximum Gasteiger partial charge on any atom is 0.185 e. The van der Waals surface area contributed by atoms with Crippen LogP contribution in [0.25, 0.3) is 0 Å². The van der Waals surface area contributed by atoms with Gasteiger partial charge >= 0.3 is 0 Å². The number of rotatable bonds is 6. The number of thiazole rings is 1. The molecule has 1 aromatic heterocycles. The third kappa shape index (κ3) is 3.91. The molecule has 0 unspecified atom stereocenters. The fourth-order valence-corrected chi connectivity index (χ4v) is 3.56. The number of hydrogen-bond acceptors (Lipinski definition) is 5. The van der Waals surface area contributed by atoms with Gasteiger partial charge in [-0.2, -0.15) is 0 Å². The summed E-state index contributed by atoms with van der Waals surface area (Å²) in [4.78, 5) is 8.53. The molecule has 0 aliphatic carbocycles. The predicted octanol–water partition coefficient (Wildman–Crippen LogP) is 2.42. The normalized spacial score (nSPS) is 17.1. The van der Waals surface area contributed by atoms with Crippen molar-refractivity contribution in [3.05, 3.63) is 10.6 Å². The number of aryl methyl sites for hydroxylation is 1. The topological polar surface area (TPSA) is 37.4 Å². The quantitative estimate of drug-likeness (QED) is 0.870. The minimum atomic E-state index is 0.725. The summed E-state index contributed by atoms with van der Waals surface area (Å²) < 4.78 is 5.25. The van der Waals surface area contributed by atoms with Crippen LogP contribution in [0.3, 0.4) is 0 Å². The van der Waals surface area contributed by atoms with Gasteiger partial charge in [0.1, 0.15) is 0 Å². The van der Waals surface area contributed by atoms with Gasteiger partial charge in [0.15, 0.2) is 5.13 Å². The van der Waals surface area contributed by atoms with Crippen LogP contribution < -0.4 is 10.2 Å². The zero-order valence-electron chi connectivity index (χ0n) is 12.2. The van der Waals surface area contributed by atoms with E-state index in [1.54, 1.807) is 7.11 Å². The maximum absolute atomic E-state index is 5.25. The van der Waals surface area contributed by atoms with E-state index < -0.39 is 0 Å². The van der Waals surface area contributed by atoms with Gasteiger partial charge in [0, 0.05) is 38.2 Å². The fraction of sp³-hybridized carbons (Fsp3) is 0.786. The standard InChI is InChI=1S/C14H25N3OS/c1-4-15-9-13-11(2)16-14(19-13)17-7-5-12(6-8-17)10-18-3/h12,15H,4-10H2,1-3H3. The van der Waals surface area contributed by atoms with Crippen molar-refractivity contribution >= 4 is 16.5 Å². The number of piperidine rings is 1. The molecule has 1 aromatic rings. The molecule has 0 saturated carbocycles. The highest BCUT2D eigenvalue weighted by molar-refractivity contribution is 7.15. The lowest BCUT2D eigenvalue weighted by Gasteiger charge is -2.31. The fourth-order valence-electron chi connectivity index (χ4n) is 2.48. The molecule has 2 heterocycles. The molecule has 1 N–H and O–H groups in total. The van der Waals surface area contributed by atoms with E-state index in [2.05, 4.69) is 24.1 Å². The van der Waals surface area contributed by atoms with Crippen molar-refractivity contribution in [3.63, 3.8) is 0 Å². The summed E-state index contributed by atoms with van der Waals surface area (Å²) in [5, 5.41) is 4.58. The molecule has 0 amide bonds. The Morgan fingerprint density at radius 3 is 2.79 bits per heavy atom. The molecule has 19 heavy (non-hydrogen) atoms. The Hall–Kier alpha value is -0.650. The summed E-state index contributed by atoms with van der Waals surface area (Å²) in [6.07, 6.45) is 2.43. The molecule has 1 aliphatic rings. The average Bonchev–Trinajstić information content (AvgIpc) is 2.79. The second kappa shape index (κ2) is 7.22. The highest BCUT2D eigenvalue weighted by Crippen LogP contribution is 2.29. The van der Waals surface area contributed by atoms with Crippen molar-refractivity contribution in [2.45, 2.75) is 33.2 Å². The minimum Gasteiger partial charge on any atom is -0.384 e. The van der Waals surface area contributed by atoms with E-state index in [4.69, 9.17) is 9.72 Å². The lowest BCUT2D eigenvalue weighted by atomic mass is 9.98. The highest BCUT2D eigenvalue weighted by Gasteiger charge is 2.21. The van der Waals surface area contributed by atoms with Crippen molar-refractivity contribution < 1.29 is 4.74 Å². The molecule has 108 valence electrons. The van der Waals surface area contributed by atoms with Crippen LogP contribution >= 0.6 is 11.3 Å². The summed E-state index contributed by atoms with van der Waals surface area (Å²) >= 11 is 1.84. The summed E-state index contributed by atoms with van der Waals surface area (Å²) in [5.74, 6) is 0.725. The monoisotopic (exact) mass is 283 g/mol. The molecule has 1 fully saturated rings. The van der Waals surface area contributed by atoms with Crippen molar-refractivity contribution in [2.24, 2.45) is 5.92 Å². The molecule has 0 bridgehead atoms. The van der Waals surface area contributed by atoms with E-state index in [0.717, 1.165) is 38.7 Å². The van der Waals surface area contributed by atoms with Crippen molar-refractivity contribution in [2.75, 3.05) is 38.3 Å². The van der Waals surface area contributed by atoms with E-state index in [0.29, 0.717) is 0 Å². The van der Waals surface area contributed by atoms with Crippen LogP contribution in [0, 0.1) is 12.8 Å². The van der Waals surface area contributed by atoms with Crippen LogP contribution in [0.4, 0.5) is 5.13 Å². The SMILES string of the molecule is CCNCc1sc(N2CCC(COC)CC2)nc1C. The summed E-state index contributed by atoms with van der Waals surface area (Å²) in [5.41, 5.74) is 1.18. The Balaban J connectivity index is 1.92. The molecule has 4 nitrogen and oxygen atoms in total. The Morgan fingerprint density at radius 1 is 1.42 bits per heavy atom. The van der Waals surface area contributed by atoms with E-state index in [9.17, 15) is 0 Å². The zero-order chi connectivity index (χ0) is 13.7. The second-order valence-electron chi connectivity index (χ2n) is 5.17. The number of hydrogen-bond donors (Lipinski definition) is 1. The Kier molecular flexibility index (Phi) is 5.60. The summed E-state index contributed by atoms with van der Waals surface area (Å²) in [6.45, 7) is 9.33. The van der Waals surface area contributed by atoms with Gasteiger partial charge in [-0.3, -0.25) is 0 Å². The maximum atomic E-state index is 5.25. The van der Waals surface area contributed by atoms with Gasteiger partial charge in [-0.1, -0.05) is 6.92 Å². The third-order valence-corrected chi connectivity index (χ3v) is 4.92. The molecule has 0 spiro atoms. The summed E-state index contributed by atoms with van der Waals surface area (Å²) in [6, 6.07) is 0. The van der Waals surface area contributed by atoms with Crippen molar-refractivity contribution in [1.29, 1.82) is 0 Å². The molecular formula is C14H25N3OS. The molecule has 0 aromatic carbocycles. The molecule has 1 saturated heterocycles. The van der Waals surface area contributed by atoms with Gasteiger partial charge in [-0.05, 0) is 32.2 Å². The van der Waals surface area contributed by atoms with E-state index in [1.807, 2.05) is 11.3 Å². The van der Waals surface area contributed by atoms with Gasteiger partial charge in [-0.15, -0.1) is 11.3 Å². The van der Waals surface area contributed by atoms with E-state index in [-0.39, 0.29) is 0 Å². The van der Waals surface area contributed by atoms with Crippen LogP contribution in [0.15, 0.2) is 0 Å². The number of aromatic nitrogens is 1. The first-order valence-electron chi connectivity index (χ1n) is 7.15. The number of anilines is 1. The minimum absolute atomic E-state index is 0.725. The Morgan fingerprint density at radius 2 is 2.16 bits per heavy atom. The average molecular weight is 283 g/mol. The molecule has 5 heteroatoms. The van der Waals surface area contributed by atoms with Gasteiger partial charge in [-0.25, -0.2) is 4.98 Å². The molecule has 2 rings (SSSR count). The highest BCUT2D eigenvalue weighted by atomic mass is 32.1. The van der Waals surface area contributed by atoms with Gasteiger partial charge in [0.25, 0.3) is 0 Å². The summed E-state index contributed by atoms with van der Waals surface area (Å²) in [7, 11) is 1.80. The van der Waals surface area contributed by atoms with Gasteiger partial charge in [0.05, 0.1) is 5.69 Å². The third-order valence-electron chi connectivity index (χ3n) is 3.70. The van der Waals surface area contributed by atoms with Crippen molar-refractivity contribution in [1.82, 2.24) is 10.3 Å². The predicted molar refractivity (Wildman–Crippen MR) is 81.0 cm³/mol. The first-order valence-corrected chi connectivity index (χ1v) is 7.97. The van der Waals surface area contributed by atoms with Crippen LogP contribution in [0.1, 0.15) is 30.3 Å². The lowest BCUT2D eigenvalue weighted by Crippen LogP contribution is -2.34. The Labute approximate surface area is 120 Å². The smallest absolute Gasteiger partial charge is 0.185 e. The van der Waals surface area contributed by atoms with Gasteiger partial charge < -0.3 is 15.0 Å². The molecular weight excluding hydrogens is 258 g/mol. The van der Waals surface area contributed by atoms with Crippen LogP contribution in [0.5, 0.6) is 0 Å². The zero-order valence-corrected chi connectivity index (χ0v) is 13.1. The number of nitrogens with zero attached hydrogens (tertiary/aromatic N) is 2. The van der Waals surface area contributed by atoms with E-state index >= 15 is 0 Å². The van der Waals surface area contributed by atoms with Crippen LogP contribution in [0.2, 0.25) is 0 Å². The first kappa shape index (κ1) is 14.8. The van der Waals surface area contributed by atoms with Crippen molar-refractivity contribution in [3.8, 4) is 0 Å². The largest absolute Gasteiger partial charge is 0.384 e.